The lowest BCUT2D eigenvalue weighted by Gasteiger charge is -2.33. The molecule has 0 saturated carbocycles. The highest BCUT2D eigenvalue weighted by Crippen LogP contribution is 2.33. The number of fused-ring (bicyclic) bond motifs is 2. The minimum atomic E-state index is -0.174. The minimum absolute atomic E-state index is 0.0278. The molecule has 28 heavy (non-hydrogen) atoms. The number of para-hydroxylation sites is 1. The number of hydrogen-bond donors (Lipinski definition) is 0. The van der Waals surface area contributed by atoms with Crippen LogP contribution in [0.5, 0.6) is 0 Å². The molecule has 140 valence electrons. The van der Waals surface area contributed by atoms with Gasteiger partial charge in [-0.1, -0.05) is 23.7 Å². The van der Waals surface area contributed by atoms with Gasteiger partial charge in [0.1, 0.15) is 0 Å². The minimum Gasteiger partial charge on any atom is -0.327 e. The van der Waals surface area contributed by atoms with Gasteiger partial charge >= 0.3 is 0 Å². The van der Waals surface area contributed by atoms with Crippen LogP contribution in [0.2, 0.25) is 5.02 Å². The number of halogens is 1. The summed E-state index contributed by atoms with van der Waals surface area (Å²) in [5.41, 5.74) is 1.58. The van der Waals surface area contributed by atoms with Gasteiger partial charge in [-0.25, -0.2) is 4.98 Å². The van der Waals surface area contributed by atoms with E-state index in [0.29, 0.717) is 23.7 Å². The Hall–Kier alpha value is -2.77. The van der Waals surface area contributed by atoms with Crippen LogP contribution in [0.15, 0.2) is 48.5 Å². The summed E-state index contributed by atoms with van der Waals surface area (Å²) in [5, 5.41) is 10.3. The van der Waals surface area contributed by atoms with Crippen molar-refractivity contribution in [1.82, 2.24) is 24.6 Å². The Kier molecular flexibility index (Phi) is 4.14. The van der Waals surface area contributed by atoms with Crippen LogP contribution in [0.1, 0.15) is 29.1 Å². The van der Waals surface area contributed by atoms with Crippen LogP contribution in [0.4, 0.5) is 0 Å². The first kappa shape index (κ1) is 17.3. The quantitative estimate of drug-likeness (QED) is 0.491. The van der Waals surface area contributed by atoms with Crippen LogP contribution < -0.4 is 0 Å². The van der Waals surface area contributed by atoms with E-state index in [4.69, 9.17) is 16.6 Å². The van der Waals surface area contributed by atoms with Gasteiger partial charge in [0.05, 0.1) is 16.3 Å². The van der Waals surface area contributed by atoms with E-state index in [1.807, 2.05) is 30.0 Å². The fraction of sp³-hybridized carbons (Fsp3) is 0.200. The normalized spacial score (nSPS) is 16.4. The fourth-order valence-corrected chi connectivity index (χ4v) is 4.63. The third-order valence-corrected chi connectivity index (χ3v) is 6.31. The van der Waals surface area contributed by atoms with Crippen molar-refractivity contribution < 1.29 is 4.79 Å². The first-order chi connectivity index (χ1) is 13.6. The van der Waals surface area contributed by atoms with E-state index in [1.165, 1.54) is 0 Å². The van der Waals surface area contributed by atoms with Crippen molar-refractivity contribution in [1.29, 1.82) is 0 Å². The van der Waals surface area contributed by atoms with Crippen LogP contribution in [-0.2, 0) is 6.54 Å². The van der Waals surface area contributed by atoms with Gasteiger partial charge in [0, 0.05) is 23.7 Å². The number of hydrogen-bond acceptors (Lipinski definition) is 5. The number of carbonyl (C=O) groups excluding carboxylic acids is 1. The van der Waals surface area contributed by atoms with Crippen LogP contribution in [0.3, 0.4) is 0 Å². The Morgan fingerprint density at radius 1 is 1.11 bits per heavy atom. The molecule has 2 aromatic carbocycles. The summed E-state index contributed by atoms with van der Waals surface area (Å²) in [6.07, 6.45) is 0. The van der Waals surface area contributed by atoms with E-state index in [2.05, 4.69) is 20.8 Å². The molecule has 1 atom stereocenters. The monoisotopic (exact) mass is 409 g/mol. The Morgan fingerprint density at radius 2 is 1.89 bits per heavy atom. The predicted molar refractivity (Wildman–Crippen MR) is 110 cm³/mol. The second-order valence-electron chi connectivity index (χ2n) is 6.70. The molecule has 0 fully saturated rings. The maximum atomic E-state index is 12.9. The maximum absolute atomic E-state index is 12.9. The lowest BCUT2D eigenvalue weighted by Crippen LogP contribution is -2.41. The topological polar surface area (TPSA) is 63.9 Å². The zero-order valence-electron chi connectivity index (χ0n) is 15.0. The summed E-state index contributed by atoms with van der Waals surface area (Å²) < 4.78 is 3.20. The molecule has 0 N–H and O–H groups in total. The number of nitrogens with zero attached hydrogens (tertiary/aromatic N) is 5. The van der Waals surface area contributed by atoms with Crippen LogP contribution in [-0.4, -0.2) is 37.1 Å². The van der Waals surface area contributed by atoms with Crippen molar-refractivity contribution in [2.45, 2.75) is 19.5 Å². The predicted octanol–water partition coefficient (Wildman–Crippen LogP) is 4.43. The van der Waals surface area contributed by atoms with Gasteiger partial charge in [-0.3, -0.25) is 4.79 Å². The van der Waals surface area contributed by atoms with Crippen molar-refractivity contribution in [3.63, 3.8) is 0 Å². The third-order valence-electron chi connectivity index (χ3n) is 5.02. The van der Waals surface area contributed by atoms with Gasteiger partial charge in [-0.05, 0) is 43.3 Å². The van der Waals surface area contributed by atoms with Crippen LogP contribution in [0, 0.1) is 0 Å². The average Bonchev–Trinajstić information content (AvgIpc) is 3.32. The molecule has 0 spiro atoms. The molecule has 8 heteroatoms. The Balaban J connectivity index is 1.47. The number of aromatic nitrogens is 4. The summed E-state index contributed by atoms with van der Waals surface area (Å²) in [6.45, 7) is 3.21. The van der Waals surface area contributed by atoms with E-state index in [9.17, 15) is 4.79 Å². The molecule has 1 aliphatic rings. The molecule has 3 heterocycles. The first-order valence-electron chi connectivity index (χ1n) is 8.97. The molecule has 0 bridgehead atoms. The van der Waals surface area contributed by atoms with Crippen molar-refractivity contribution >= 4 is 39.1 Å². The maximum Gasteiger partial charge on any atom is 0.254 e. The van der Waals surface area contributed by atoms with Crippen LogP contribution in [0.25, 0.3) is 21.0 Å². The number of carbonyl (C=O) groups is 1. The standard InChI is InChI=1S/C20H16ClN5OS/c1-12-17-23-24-18(19-22-15-4-2-3-5-16(15)28-19)26(17)11-10-25(12)20(27)13-6-8-14(21)9-7-13/h2-9,12H,10-11H2,1H3/t12-/m1/s1. The van der Waals surface area contributed by atoms with Crippen molar-refractivity contribution in [2.75, 3.05) is 6.54 Å². The summed E-state index contributed by atoms with van der Waals surface area (Å²) >= 11 is 7.54. The van der Waals surface area contributed by atoms with Crippen LogP contribution >= 0.6 is 22.9 Å². The Bertz CT molecular complexity index is 1150. The largest absolute Gasteiger partial charge is 0.327 e. The van der Waals surface area contributed by atoms with E-state index in [-0.39, 0.29) is 11.9 Å². The summed E-state index contributed by atoms with van der Waals surface area (Å²) in [7, 11) is 0. The molecule has 1 aliphatic heterocycles. The van der Waals surface area contributed by atoms with Crippen molar-refractivity contribution in [3.05, 3.63) is 64.9 Å². The van der Waals surface area contributed by atoms with Gasteiger partial charge in [0.15, 0.2) is 16.7 Å². The summed E-state index contributed by atoms with van der Waals surface area (Å²) in [5.74, 6) is 1.52. The highest BCUT2D eigenvalue weighted by atomic mass is 35.5. The lowest BCUT2D eigenvalue weighted by atomic mass is 10.1. The molecule has 0 unspecified atom stereocenters. The number of benzene rings is 2. The second-order valence-corrected chi connectivity index (χ2v) is 8.17. The van der Waals surface area contributed by atoms with Gasteiger partial charge in [0.25, 0.3) is 5.91 Å². The highest BCUT2D eigenvalue weighted by molar-refractivity contribution is 7.21. The van der Waals surface area contributed by atoms with Gasteiger partial charge in [-0.2, -0.15) is 0 Å². The van der Waals surface area contributed by atoms with Gasteiger partial charge in [-0.15, -0.1) is 21.5 Å². The lowest BCUT2D eigenvalue weighted by molar-refractivity contribution is 0.0638. The second kappa shape index (κ2) is 6.68. The number of thiazole rings is 1. The number of amides is 1. The molecule has 2 aromatic heterocycles. The Labute approximate surface area is 170 Å². The third kappa shape index (κ3) is 2.78. The van der Waals surface area contributed by atoms with E-state index in [0.717, 1.165) is 26.9 Å². The highest BCUT2D eigenvalue weighted by Gasteiger charge is 2.32. The van der Waals surface area contributed by atoms with Gasteiger partial charge < -0.3 is 9.47 Å². The molecule has 0 radical (unpaired) electrons. The Morgan fingerprint density at radius 3 is 2.68 bits per heavy atom. The molecular formula is C20H16ClN5OS. The smallest absolute Gasteiger partial charge is 0.254 e. The average molecular weight is 410 g/mol. The zero-order chi connectivity index (χ0) is 19.3. The summed E-state index contributed by atoms with van der Waals surface area (Å²) in [6, 6.07) is 14.8. The first-order valence-corrected chi connectivity index (χ1v) is 10.2. The molecular weight excluding hydrogens is 394 g/mol. The molecule has 4 aromatic rings. The SMILES string of the molecule is C[C@@H]1c2nnc(-c3nc4ccccc4s3)n2CCN1C(=O)c1ccc(Cl)cc1. The molecule has 1 amide bonds. The summed E-state index contributed by atoms with van der Waals surface area (Å²) in [4.78, 5) is 19.5. The van der Waals surface area contributed by atoms with E-state index >= 15 is 0 Å². The molecule has 5 rings (SSSR count). The van der Waals surface area contributed by atoms with E-state index in [1.54, 1.807) is 35.6 Å². The fourth-order valence-electron chi connectivity index (χ4n) is 3.55. The van der Waals surface area contributed by atoms with Crippen molar-refractivity contribution in [2.24, 2.45) is 0 Å². The molecule has 6 nitrogen and oxygen atoms in total. The molecule has 0 aliphatic carbocycles. The number of rotatable bonds is 2. The van der Waals surface area contributed by atoms with E-state index < -0.39 is 0 Å². The zero-order valence-corrected chi connectivity index (χ0v) is 16.6. The molecule has 0 saturated heterocycles. The van der Waals surface area contributed by atoms with Crippen molar-refractivity contribution in [3.8, 4) is 10.8 Å². The van der Waals surface area contributed by atoms with Gasteiger partial charge in [0.2, 0.25) is 0 Å².